The van der Waals surface area contributed by atoms with Gasteiger partial charge in [0.05, 0.1) is 0 Å². The fraction of sp³-hybridized carbons (Fsp3) is 0.333. The summed E-state index contributed by atoms with van der Waals surface area (Å²) in [4.78, 5) is 5.86. The van der Waals surface area contributed by atoms with Gasteiger partial charge in [0.1, 0.15) is 0 Å². The van der Waals surface area contributed by atoms with Crippen LogP contribution < -0.4 is 14.6 Å². The summed E-state index contributed by atoms with van der Waals surface area (Å²) < 4.78 is 107. The number of hydrogen-bond donors (Lipinski definition) is 1. The lowest BCUT2D eigenvalue weighted by Gasteiger charge is -2.16. The number of primary sulfonamides is 1. The van der Waals surface area contributed by atoms with Crippen molar-refractivity contribution in [3.63, 3.8) is 0 Å². The molecule has 0 amide bonds. The third kappa shape index (κ3) is 6.74. The minimum Gasteiger partial charge on any atom is -0.467 e. The lowest BCUT2D eigenvalue weighted by Crippen LogP contribution is -2.25. The number of ether oxygens (including phenoxy) is 2. The average molecular weight is 445 g/mol. The minimum atomic E-state index is -4.91. The summed E-state index contributed by atoms with van der Waals surface area (Å²) in [5, 5.41) is 4.92. The zero-order chi connectivity index (χ0) is 22.0. The molecule has 0 atom stereocenters. The Morgan fingerprint density at radius 3 is 1.66 bits per heavy atom. The van der Waals surface area contributed by atoms with E-state index in [1.807, 2.05) is 0 Å². The van der Waals surface area contributed by atoms with Crippen molar-refractivity contribution in [2.45, 2.75) is 24.2 Å². The molecular formula is C15H13F6N3O4S. The first-order valence-corrected chi connectivity index (χ1v) is 9.11. The van der Waals surface area contributed by atoms with E-state index in [2.05, 4.69) is 19.4 Å². The molecule has 0 spiro atoms. The van der Waals surface area contributed by atoms with Gasteiger partial charge in [-0.15, -0.1) is 0 Å². The van der Waals surface area contributed by atoms with Crippen LogP contribution in [0.25, 0.3) is 11.4 Å². The fourth-order valence-corrected chi connectivity index (χ4v) is 2.68. The molecule has 29 heavy (non-hydrogen) atoms. The van der Waals surface area contributed by atoms with Gasteiger partial charge in [-0.25, -0.2) is 13.6 Å². The summed E-state index contributed by atoms with van der Waals surface area (Å²) in [5.74, 6) is -2.80. The van der Waals surface area contributed by atoms with Crippen LogP contribution in [0.3, 0.4) is 0 Å². The van der Waals surface area contributed by atoms with Gasteiger partial charge in [-0.05, 0) is 6.92 Å². The highest BCUT2D eigenvalue weighted by molar-refractivity contribution is 7.89. The Balaban J connectivity index is 2.65. The quantitative estimate of drug-likeness (QED) is 0.686. The number of hydrogen-bond acceptors (Lipinski definition) is 6. The monoisotopic (exact) mass is 445 g/mol. The number of aryl methyl sites for hydroxylation is 1. The number of nitrogens with zero attached hydrogens (tertiary/aromatic N) is 2. The summed E-state index contributed by atoms with van der Waals surface area (Å²) in [5.41, 5.74) is 0.947. The van der Waals surface area contributed by atoms with Gasteiger partial charge < -0.3 is 9.47 Å². The molecule has 0 radical (unpaired) electrons. The summed E-state index contributed by atoms with van der Waals surface area (Å²) in [6.07, 6.45) is -9.78. The molecule has 0 aliphatic heterocycles. The second-order valence-corrected chi connectivity index (χ2v) is 7.20. The number of alkyl halides is 6. The Morgan fingerprint density at radius 1 is 0.897 bits per heavy atom. The largest absolute Gasteiger partial charge is 0.467 e. The molecule has 1 heterocycles. The topological polar surface area (TPSA) is 104 Å². The molecule has 7 nitrogen and oxygen atoms in total. The van der Waals surface area contributed by atoms with E-state index >= 15 is 0 Å². The molecule has 0 saturated heterocycles. The van der Waals surface area contributed by atoms with Crippen LogP contribution in [-0.4, -0.2) is 44.0 Å². The molecule has 14 heteroatoms. The van der Waals surface area contributed by atoms with E-state index in [1.165, 1.54) is 12.1 Å². The third-order valence-corrected chi connectivity index (χ3v) is 4.06. The lowest BCUT2D eigenvalue weighted by atomic mass is 10.1. The Hall–Kier alpha value is -2.61. The number of halogens is 6. The molecule has 0 unspecified atom stereocenters. The van der Waals surface area contributed by atoms with Crippen LogP contribution in [0.2, 0.25) is 0 Å². The van der Waals surface area contributed by atoms with Crippen LogP contribution in [-0.2, 0) is 10.0 Å². The molecule has 2 N–H and O–H groups in total. The Labute approximate surface area is 160 Å². The first-order chi connectivity index (χ1) is 13.2. The van der Waals surface area contributed by atoms with Crippen molar-refractivity contribution in [3.05, 3.63) is 29.8 Å². The van der Waals surface area contributed by atoms with Gasteiger partial charge in [-0.1, -0.05) is 29.8 Å². The van der Waals surface area contributed by atoms with Crippen LogP contribution in [0.4, 0.5) is 26.3 Å². The molecule has 0 aliphatic carbocycles. The highest BCUT2D eigenvalue weighted by Gasteiger charge is 2.35. The lowest BCUT2D eigenvalue weighted by molar-refractivity contribution is -0.155. The van der Waals surface area contributed by atoms with Crippen molar-refractivity contribution >= 4 is 10.0 Å². The first-order valence-electron chi connectivity index (χ1n) is 7.57. The van der Waals surface area contributed by atoms with Gasteiger partial charge in [0.25, 0.3) is 0 Å². The number of nitrogens with two attached hydrogens (primary N) is 1. The Kier molecular flexibility index (Phi) is 6.27. The maximum Gasteiger partial charge on any atom is 0.422 e. The zero-order valence-electron chi connectivity index (χ0n) is 14.5. The average Bonchev–Trinajstić information content (AvgIpc) is 2.56. The second kappa shape index (κ2) is 8.02. The van der Waals surface area contributed by atoms with Crippen molar-refractivity contribution in [2.75, 3.05) is 13.2 Å². The zero-order valence-corrected chi connectivity index (χ0v) is 15.3. The maximum atomic E-state index is 12.5. The summed E-state index contributed by atoms with van der Waals surface area (Å²) in [7, 11) is -4.91. The van der Waals surface area contributed by atoms with Gasteiger partial charge in [-0.3, -0.25) is 0 Å². The van der Waals surface area contributed by atoms with Crippen LogP contribution in [0, 0.1) is 6.92 Å². The summed E-state index contributed by atoms with van der Waals surface area (Å²) >= 11 is 0. The van der Waals surface area contributed by atoms with Gasteiger partial charge in [-0.2, -0.15) is 36.3 Å². The number of aromatic nitrogens is 2. The number of benzene rings is 1. The summed E-state index contributed by atoms with van der Waals surface area (Å²) in [6.45, 7) is -2.22. The van der Waals surface area contributed by atoms with Crippen molar-refractivity contribution in [2.24, 2.45) is 5.14 Å². The minimum absolute atomic E-state index is 0.158. The van der Waals surface area contributed by atoms with Gasteiger partial charge in [0.2, 0.25) is 26.7 Å². The van der Waals surface area contributed by atoms with Crippen molar-refractivity contribution in [3.8, 4) is 23.1 Å². The fourth-order valence-electron chi connectivity index (χ4n) is 1.98. The van der Waals surface area contributed by atoms with Crippen molar-refractivity contribution in [1.29, 1.82) is 0 Å². The van der Waals surface area contributed by atoms with E-state index in [0.717, 1.165) is 5.56 Å². The van der Waals surface area contributed by atoms with Crippen molar-refractivity contribution < 1.29 is 44.2 Å². The molecular weight excluding hydrogens is 432 g/mol. The van der Waals surface area contributed by atoms with Gasteiger partial charge >= 0.3 is 12.4 Å². The molecule has 0 fully saturated rings. The predicted octanol–water partition coefficient (Wildman–Crippen LogP) is 2.98. The maximum absolute atomic E-state index is 12.5. The smallest absolute Gasteiger partial charge is 0.422 e. The van der Waals surface area contributed by atoms with E-state index in [9.17, 15) is 34.8 Å². The summed E-state index contributed by atoms with van der Waals surface area (Å²) in [6, 6.07) is 5.97. The standard InChI is InChI=1S/C15H13F6N3O4S/c1-8-2-4-9(5-3-8)11-23-12(27-6-14(16,17)18)10(29(22,25)26)13(24-11)28-7-15(19,20)21/h2-5H,6-7H2,1H3,(H2,22,25,26). The molecule has 0 bridgehead atoms. The van der Waals surface area contributed by atoms with Gasteiger partial charge in [0, 0.05) is 5.56 Å². The molecule has 0 saturated carbocycles. The molecule has 2 rings (SSSR count). The van der Waals surface area contributed by atoms with E-state index in [1.54, 1.807) is 19.1 Å². The van der Waals surface area contributed by atoms with E-state index in [-0.39, 0.29) is 5.56 Å². The van der Waals surface area contributed by atoms with Crippen LogP contribution in [0.15, 0.2) is 29.2 Å². The van der Waals surface area contributed by atoms with Crippen LogP contribution >= 0.6 is 0 Å². The van der Waals surface area contributed by atoms with Crippen molar-refractivity contribution in [1.82, 2.24) is 9.97 Å². The normalized spacial score (nSPS) is 12.7. The Bertz CT molecular complexity index is 936. The molecule has 160 valence electrons. The second-order valence-electron chi connectivity index (χ2n) is 5.71. The van der Waals surface area contributed by atoms with E-state index in [0.29, 0.717) is 0 Å². The molecule has 0 aliphatic rings. The Morgan fingerprint density at radius 2 is 1.31 bits per heavy atom. The number of sulfonamides is 1. The predicted molar refractivity (Wildman–Crippen MR) is 86.7 cm³/mol. The highest BCUT2D eigenvalue weighted by atomic mass is 32.2. The number of rotatable bonds is 6. The SMILES string of the molecule is Cc1ccc(-c2nc(OCC(F)(F)F)c(S(N)(=O)=O)c(OCC(F)(F)F)n2)cc1. The van der Waals surface area contributed by atoms with E-state index in [4.69, 9.17) is 5.14 Å². The third-order valence-electron chi connectivity index (χ3n) is 3.14. The first kappa shape index (κ1) is 22.7. The molecule has 1 aromatic carbocycles. The van der Waals surface area contributed by atoms with E-state index < -0.39 is 58.1 Å². The van der Waals surface area contributed by atoms with Crippen LogP contribution in [0.1, 0.15) is 5.56 Å². The highest BCUT2D eigenvalue weighted by Crippen LogP contribution is 2.34. The molecule has 1 aromatic heterocycles. The van der Waals surface area contributed by atoms with Gasteiger partial charge in [0.15, 0.2) is 19.0 Å². The molecule has 2 aromatic rings. The van der Waals surface area contributed by atoms with Crippen LogP contribution in [0.5, 0.6) is 11.8 Å².